The first kappa shape index (κ1) is 20.6. The van der Waals surface area contributed by atoms with Gasteiger partial charge in [-0.15, -0.1) is 0 Å². The van der Waals surface area contributed by atoms with Gasteiger partial charge in [-0.2, -0.15) is 0 Å². The number of aromatic amines is 1. The van der Waals surface area contributed by atoms with Crippen molar-refractivity contribution in [1.82, 2.24) is 19.4 Å². The number of H-pyrrole nitrogens is 1. The number of ether oxygens (including phenoxy) is 2. The van der Waals surface area contributed by atoms with Gasteiger partial charge in [0.2, 0.25) is 5.91 Å². The van der Waals surface area contributed by atoms with Crippen LogP contribution in [0.4, 0.5) is 0 Å². The Labute approximate surface area is 186 Å². The normalized spacial score (nSPS) is 19.2. The summed E-state index contributed by atoms with van der Waals surface area (Å²) in [6.07, 6.45) is 1.50. The van der Waals surface area contributed by atoms with Crippen molar-refractivity contribution in [3.8, 4) is 11.5 Å². The van der Waals surface area contributed by atoms with Crippen LogP contribution in [0.1, 0.15) is 18.9 Å². The van der Waals surface area contributed by atoms with Crippen molar-refractivity contribution in [1.29, 1.82) is 0 Å². The summed E-state index contributed by atoms with van der Waals surface area (Å²) < 4.78 is 13.6. The lowest BCUT2D eigenvalue weighted by Gasteiger charge is -2.34. The van der Waals surface area contributed by atoms with Gasteiger partial charge in [-0.05, 0) is 37.1 Å². The van der Waals surface area contributed by atoms with E-state index < -0.39 is 0 Å². The summed E-state index contributed by atoms with van der Waals surface area (Å²) in [5, 5.41) is 0. The van der Waals surface area contributed by atoms with Crippen LogP contribution in [0.15, 0.2) is 53.3 Å². The van der Waals surface area contributed by atoms with Gasteiger partial charge in [0.15, 0.2) is 17.6 Å². The molecule has 2 aromatic carbocycles. The van der Waals surface area contributed by atoms with Gasteiger partial charge in [0.1, 0.15) is 6.61 Å². The lowest BCUT2D eigenvalue weighted by Crippen LogP contribution is -2.47. The van der Waals surface area contributed by atoms with Crippen molar-refractivity contribution < 1.29 is 14.3 Å². The number of fused-ring (bicyclic) bond motifs is 2. The highest BCUT2D eigenvalue weighted by molar-refractivity contribution is 5.78. The number of nitrogens with zero attached hydrogens (tertiary/aromatic N) is 3. The Morgan fingerprint density at radius 1 is 1.09 bits per heavy atom. The minimum Gasteiger partial charge on any atom is -0.486 e. The molecule has 32 heavy (non-hydrogen) atoms. The van der Waals surface area contributed by atoms with Crippen LogP contribution >= 0.6 is 0 Å². The Morgan fingerprint density at radius 2 is 1.81 bits per heavy atom. The topological polar surface area (TPSA) is 79.8 Å². The number of amides is 1. The molecule has 1 unspecified atom stereocenters. The van der Waals surface area contributed by atoms with Crippen LogP contribution in [0.5, 0.6) is 11.5 Å². The third-order valence-electron chi connectivity index (χ3n) is 6.38. The lowest BCUT2D eigenvalue weighted by molar-refractivity contribution is -0.132. The summed E-state index contributed by atoms with van der Waals surface area (Å²) in [4.78, 5) is 32.1. The molecule has 0 radical (unpaired) electrons. The highest BCUT2D eigenvalue weighted by atomic mass is 16.6. The molecule has 3 heterocycles. The highest BCUT2D eigenvalue weighted by Crippen LogP contribution is 2.31. The van der Waals surface area contributed by atoms with Crippen molar-refractivity contribution in [2.75, 3.05) is 39.8 Å². The number of aromatic nitrogens is 2. The van der Waals surface area contributed by atoms with E-state index in [0.29, 0.717) is 19.7 Å². The number of carbonyl (C=O) groups excluding carboxylic acids is 1. The number of rotatable bonds is 5. The number of para-hydroxylation sites is 4. The molecule has 3 aromatic rings. The molecule has 0 saturated carbocycles. The van der Waals surface area contributed by atoms with Crippen LogP contribution in [-0.2, 0) is 4.79 Å². The molecule has 1 N–H and O–H groups in total. The number of carbonyl (C=O) groups is 1. The molecule has 8 nitrogen and oxygen atoms in total. The van der Waals surface area contributed by atoms with Crippen LogP contribution in [0.2, 0.25) is 0 Å². The molecule has 2 aliphatic rings. The molecule has 1 saturated heterocycles. The zero-order valence-electron chi connectivity index (χ0n) is 18.2. The van der Waals surface area contributed by atoms with Gasteiger partial charge < -0.3 is 19.4 Å². The van der Waals surface area contributed by atoms with Crippen molar-refractivity contribution in [2.24, 2.45) is 0 Å². The van der Waals surface area contributed by atoms with E-state index in [2.05, 4.69) is 9.88 Å². The van der Waals surface area contributed by atoms with Crippen molar-refractivity contribution in [3.05, 3.63) is 59.0 Å². The maximum absolute atomic E-state index is 12.8. The van der Waals surface area contributed by atoms with Crippen LogP contribution in [-0.4, -0.2) is 71.2 Å². The van der Waals surface area contributed by atoms with Crippen molar-refractivity contribution in [2.45, 2.75) is 25.0 Å². The average Bonchev–Trinajstić information content (AvgIpc) is 3.15. The van der Waals surface area contributed by atoms with Gasteiger partial charge in [-0.1, -0.05) is 24.3 Å². The summed E-state index contributed by atoms with van der Waals surface area (Å²) in [5.41, 5.74) is 1.76. The van der Waals surface area contributed by atoms with E-state index in [9.17, 15) is 9.59 Å². The highest BCUT2D eigenvalue weighted by Gasteiger charge is 2.27. The fourth-order valence-electron chi connectivity index (χ4n) is 4.64. The van der Waals surface area contributed by atoms with Crippen molar-refractivity contribution in [3.63, 3.8) is 0 Å². The molecule has 1 amide bonds. The Bertz CT molecular complexity index is 1160. The molecule has 0 aliphatic carbocycles. The molecular formula is C24H28N4O4. The van der Waals surface area contributed by atoms with E-state index in [1.165, 1.54) is 0 Å². The fraction of sp³-hybridized carbons (Fsp3) is 0.417. The second-order valence-corrected chi connectivity index (χ2v) is 8.60. The largest absolute Gasteiger partial charge is 0.486 e. The van der Waals surface area contributed by atoms with E-state index in [4.69, 9.17) is 9.47 Å². The zero-order valence-corrected chi connectivity index (χ0v) is 18.2. The van der Waals surface area contributed by atoms with Gasteiger partial charge in [0, 0.05) is 26.2 Å². The van der Waals surface area contributed by atoms with Crippen LogP contribution in [0.3, 0.4) is 0 Å². The molecule has 1 aromatic heterocycles. The molecule has 0 spiro atoms. The smallest absolute Gasteiger partial charge is 0.326 e. The Hall–Kier alpha value is -3.26. The summed E-state index contributed by atoms with van der Waals surface area (Å²) in [6.45, 7) is 2.85. The minimum absolute atomic E-state index is 0.0586. The molecule has 5 rings (SSSR count). The quantitative estimate of drug-likeness (QED) is 0.664. The monoisotopic (exact) mass is 436 g/mol. The SMILES string of the molecule is CN(CC1COc2ccccc2O1)C(=O)CN1CCC(n2c(=O)[nH]c3ccccc32)CC1. The number of hydrogen-bond donors (Lipinski definition) is 1. The first-order valence-electron chi connectivity index (χ1n) is 11.1. The summed E-state index contributed by atoms with van der Waals surface area (Å²) >= 11 is 0. The van der Waals surface area contributed by atoms with Gasteiger partial charge in [-0.3, -0.25) is 14.3 Å². The molecule has 0 bridgehead atoms. The van der Waals surface area contributed by atoms with E-state index in [1.807, 2.05) is 60.1 Å². The summed E-state index contributed by atoms with van der Waals surface area (Å²) in [5.74, 6) is 1.53. The molecule has 2 aliphatic heterocycles. The number of likely N-dealkylation sites (N-methyl/N-ethyl adjacent to an activating group) is 1. The third kappa shape index (κ3) is 4.10. The van der Waals surface area contributed by atoms with Crippen LogP contribution in [0.25, 0.3) is 11.0 Å². The molecule has 1 fully saturated rings. The number of nitrogens with one attached hydrogen (secondary N) is 1. The van der Waals surface area contributed by atoms with E-state index >= 15 is 0 Å². The van der Waals surface area contributed by atoms with E-state index in [1.54, 1.807) is 4.90 Å². The van der Waals surface area contributed by atoms with Crippen molar-refractivity contribution >= 4 is 16.9 Å². The summed E-state index contributed by atoms with van der Waals surface area (Å²) in [6, 6.07) is 15.5. The van der Waals surface area contributed by atoms with E-state index in [0.717, 1.165) is 48.5 Å². The second kappa shape index (κ2) is 8.70. The molecular weight excluding hydrogens is 408 g/mol. The van der Waals surface area contributed by atoms with Gasteiger partial charge in [0.05, 0.1) is 24.1 Å². The first-order valence-corrected chi connectivity index (χ1v) is 11.1. The van der Waals surface area contributed by atoms with E-state index in [-0.39, 0.29) is 23.7 Å². The Balaban J connectivity index is 1.14. The summed E-state index contributed by atoms with van der Waals surface area (Å²) in [7, 11) is 1.81. The Morgan fingerprint density at radius 3 is 2.62 bits per heavy atom. The predicted octanol–water partition coefficient (Wildman–Crippen LogP) is 2.26. The molecule has 168 valence electrons. The third-order valence-corrected chi connectivity index (χ3v) is 6.38. The van der Waals surface area contributed by atoms with Crippen LogP contribution < -0.4 is 15.2 Å². The number of likely N-dealkylation sites (tertiary alicyclic amines) is 1. The minimum atomic E-state index is -0.182. The Kier molecular flexibility index (Phi) is 5.61. The average molecular weight is 437 g/mol. The molecule has 1 atom stereocenters. The maximum Gasteiger partial charge on any atom is 0.326 e. The van der Waals surface area contributed by atoms with Gasteiger partial charge in [0.25, 0.3) is 0 Å². The number of piperidine rings is 1. The second-order valence-electron chi connectivity index (χ2n) is 8.60. The van der Waals surface area contributed by atoms with Gasteiger partial charge in [-0.25, -0.2) is 4.79 Å². The lowest BCUT2D eigenvalue weighted by atomic mass is 10.0. The molecule has 8 heteroatoms. The zero-order chi connectivity index (χ0) is 22.1. The standard InChI is InChI=1S/C24H28N4O4/c1-26(14-18-16-31-21-8-4-5-9-22(21)32-18)23(29)15-27-12-10-17(11-13-27)28-20-7-3-2-6-19(20)25-24(28)30/h2-9,17-18H,10-16H2,1H3,(H,25,30). The predicted molar refractivity (Wildman–Crippen MR) is 121 cm³/mol. The van der Waals surface area contributed by atoms with Gasteiger partial charge >= 0.3 is 5.69 Å². The number of benzene rings is 2. The number of imidazole rings is 1. The number of hydrogen-bond acceptors (Lipinski definition) is 5. The fourth-order valence-corrected chi connectivity index (χ4v) is 4.64. The maximum atomic E-state index is 12.8. The van der Waals surface area contributed by atoms with Crippen LogP contribution in [0, 0.1) is 0 Å². The first-order chi connectivity index (χ1) is 15.6.